The molecule has 0 bridgehead atoms. The highest BCUT2D eigenvalue weighted by Gasteiger charge is 2.12. The minimum Gasteiger partial charge on any atom is -0.325 e. The smallest absolute Gasteiger partial charge is 0.125 e. The quantitative estimate of drug-likeness (QED) is 0.751. The number of aryl methyl sites for hydroxylation is 1. The van der Waals surface area contributed by atoms with E-state index in [0.29, 0.717) is 23.9 Å². The second-order valence-corrected chi connectivity index (χ2v) is 4.44. The fourth-order valence-electron chi connectivity index (χ4n) is 1.96. The molecule has 0 unspecified atom stereocenters. The molecule has 0 saturated heterocycles. The third-order valence-electron chi connectivity index (χ3n) is 2.56. The first-order valence-electron chi connectivity index (χ1n) is 5.36. The Balaban J connectivity index is 2.65. The van der Waals surface area contributed by atoms with Crippen LogP contribution in [0, 0.1) is 5.82 Å². The number of hydrogen-bond acceptors (Lipinski definition) is 1. The van der Waals surface area contributed by atoms with Crippen LogP contribution in [-0.2, 0) is 6.42 Å². The molecule has 0 fully saturated rings. The van der Waals surface area contributed by atoms with Crippen molar-refractivity contribution in [3.8, 4) is 0 Å². The summed E-state index contributed by atoms with van der Waals surface area (Å²) in [7, 11) is 0. The maximum Gasteiger partial charge on any atom is 0.125 e. The van der Waals surface area contributed by atoms with Gasteiger partial charge in [-0.05, 0) is 26.0 Å². The fourth-order valence-corrected chi connectivity index (χ4v) is 2.13. The summed E-state index contributed by atoms with van der Waals surface area (Å²) < 4.78 is 15.2. The summed E-state index contributed by atoms with van der Waals surface area (Å²) in [5.41, 5.74) is 1.67. The molecule has 1 heterocycles. The predicted molar refractivity (Wildman–Crippen MR) is 64.5 cm³/mol. The molecule has 16 heavy (non-hydrogen) atoms. The molecule has 0 radical (unpaired) electrons. The molecule has 1 aromatic carbocycles. The van der Waals surface area contributed by atoms with Crippen molar-refractivity contribution in [2.75, 3.05) is 5.88 Å². The number of halogens is 2. The second kappa shape index (κ2) is 4.42. The Labute approximate surface area is 99.0 Å². The average Bonchev–Trinajstić information content (AvgIpc) is 2.55. The third-order valence-corrected chi connectivity index (χ3v) is 2.75. The zero-order valence-electron chi connectivity index (χ0n) is 9.37. The molecule has 0 atom stereocenters. The van der Waals surface area contributed by atoms with Crippen LogP contribution in [0.1, 0.15) is 25.7 Å². The lowest BCUT2D eigenvalue weighted by Gasteiger charge is -2.12. The lowest BCUT2D eigenvalue weighted by atomic mass is 10.3. The first-order valence-corrected chi connectivity index (χ1v) is 5.89. The van der Waals surface area contributed by atoms with E-state index in [1.165, 1.54) is 12.1 Å². The summed E-state index contributed by atoms with van der Waals surface area (Å²) in [4.78, 5) is 4.42. The Morgan fingerprint density at radius 3 is 2.81 bits per heavy atom. The van der Waals surface area contributed by atoms with Gasteiger partial charge < -0.3 is 4.57 Å². The molecular formula is C12H14ClFN2. The number of benzene rings is 1. The van der Waals surface area contributed by atoms with Crippen molar-refractivity contribution in [2.45, 2.75) is 26.3 Å². The van der Waals surface area contributed by atoms with Crippen LogP contribution >= 0.6 is 11.6 Å². The maximum atomic E-state index is 13.1. The van der Waals surface area contributed by atoms with Crippen LogP contribution in [-0.4, -0.2) is 15.4 Å². The molecule has 0 aliphatic rings. The van der Waals surface area contributed by atoms with Crippen molar-refractivity contribution in [2.24, 2.45) is 0 Å². The number of aromatic nitrogens is 2. The van der Waals surface area contributed by atoms with Gasteiger partial charge in [0, 0.05) is 24.4 Å². The summed E-state index contributed by atoms with van der Waals surface area (Å²) >= 11 is 5.74. The maximum absolute atomic E-state index is 13.1. The van der Waals surface area contributed by atoms with Crippen LogP contribution in [0.2, 0.25) is 0 Å². The topological polar surface area (TPSA) is 17.8 Å². The first-order chi connectivity index (χ1) is 7.63. The normalized spacial score (nSPS) is 11.6. The number of nitrogens with zero attached hydrogens (tertiary/aromatic N) is 2. The highest BCUT2D eigenvalue weighted by atomic mass is 35.5. The minimum atomic E-state index is -0.252. The van der Waals surface area contributed by atoms with E-state index in [0.717, 1.165) is 11.3 Å². The largest absolute Gasteiger partial charge is 0.325 e. The molecule has 86 valence electrons. The summed E-state index contributed by atoms with van der Waals surface area (Å²) in [6.07, 6.45) is 0.704. The lowest BCUT2D eigenvalue weighted by molar-refractivity contribution is 0.588. The van der Waals surface area contributed by atoms with E-state index < -0.39 is 0 Å². The van der Waals surface area contributed by atoms with Gasteiger partial charge >= 0.3 is 0 Å². The van der Waals surface area contributed by atoms with Gasteiger partial charge in [-0.25, -0.2) is 9.37 Å². The van der Waals surface area contributed by atoms with E-state index in [1.54, 1.807) is 6.07 Å². The van der Waals surface area contributed by atoms with Crippen molar-refractivity contribution in [1.29, 1.82) is 0 Å². The molecule has 0 spiro atoms. The van der Waals surface area contributed by atoms with Crippen molar-refractivity contribution in [3.63, 3.8) is 0 Å². The van der Waals surface area contributed by atoms with E-state index in [4.69, 9.17) is 11.6 Å². The summed E-state index contributed by atoms with van der Waals surface area (Å²) in [5.74, 6) is 1.20. The summed E-state index contributed by atoms with van der Waals surface area (Å²) in [6, 6.07) is 5.00. The van der Waals surface area contributed by atoms with Gasteiger partial charge in [0.25, 0.3) is 0 Å². The Morgan fingerprint density at radius 2 is 2.19 bits per heavy atom. The highest BCUT2D eigenvalue weighted by Crippen LogP contribution is 2.22. The van der Waals surface area contributed by atoms with Gasteiger partial charge in [0.05, 0.1) is 11.0 Å². The van der Waals surface area contributed by atoms with Gasteiger partial charge in [0.15, 0.2) is 0 Å². The van der Waals surface area contributed by atoms with Crippen LogP contribution in [0.25, 0.3) is 11.0 Å². The molecule has 0 aliphatic heterocycles. The third kappa shape index (κ3) is 1.92. The van der Waals surface area contributed by atoms with Crippen LogP contribution in [0.4, 0.5) is 4.39 Å². The number of alkyl halides is 1. The van der Waals surface area contributed by atoms with Gasteiger partial charge in [0.2, 0.25) is 0 Å². The van der Waals surface area contributed by atoms with Crippen molar-refractivity contribution in [3.05, 3.63) is 29.8 Å². The standard InChI is InChI=1S/C12H14ClFN2/c1-8(2)16-11-4-3-9(14)7-10(11)15-12(16)5-6-13/h3-4,7-8H,5-6H2,1-2H3. The van der Waals surface area contributed by atoms with Crippen molar-refractivity contribution < 1.29 is 4.39 Å². The van der Waals surface area contributed by atoms with Crippen LogP contribution in [0.15, 0.2) is 18.2 Å². The minimum absolute atomic E-state index is 0.252. The molecule has 2 nitrogen and oxygen atoms in total. The van der Waals surface area contributed by atoms with E-state index in [9.17, 15) is 4.39 Å². The van der Waals surface area contributed by atoms with Gasteiger partial charge in [-0.2, -0.15) is 0 Å². The Kier molecular flexibility index (Phi) is 3.15. The van der Waals surface area contributed by atoms with Crippen LogP contribution in [0.5, 0.6) is 0 Å². The van der Waals surface area contributed by atoms with Gasteiger partial charge in [0.1, 0.15) is 11.6 Å². The Bertz CT molecular complexity index is 505. The van der Waals surface area contributed by atoms with Gasteiger partial charge in [-0.3, -0.25) is 0 Å². The Morgan fingerprint density at radius 1 is 1.44 bits per heavy atom. The Hall–Kier alpha value is -1.09. The first kappa shape index (κ1) is 11.4. The van der Waals surface area contributed by atoms with Crippen LogP contribution < -0.4 is 0 Å². The van der Waals surface area contributed by atoms with Gasteiger partial charge in [-0.1, -0.05) is 0 Å². The molecule has 0 aliphatic carbocycles. The molecule has 1 aromatic heterocycles. The SMILES string of the molecule is CC(C)n1c(CCCl)nc2cc(F)ccc21. The van der Waals surface area contributed by atoms with E-state index in [2.05, 4.69) is 23.4 Å². The van der Waals surface area contributed by atoms with Crippen LogP contribution in [0.3, 0.4) is 0 Å². The number of imidazole rings is 1. The zero-order valence-corrected chi connectivity index (χ0v) is 10.1. The summed E-state index contributed by atoms with van der Waals surface area (Å²) in [5, 5.41) is 0. The van der Waals surface area contributed by atoms with Gasteiger partial charge in [-0.15, -0.1) is 11.6 Å². The second-order valence-electron chi connectivity index (χ2n) is 4.06. The lowest BCUT2D eigenvalue weighted by Crippen LogP contribution is -2.06. The number of fused-ring (bicyclic) bond motifs is 1. The zero-order chi connectivity index (χ0) is 11.7. The molecule has 0 amide bonds. The molecule has 2 aromatic rings. The number of hydrogen-bond donors (Lipinski definition) is 0. The van der Waals surface area contributed by atoms with E-state index in [1.807, 2.05) is 0 Å². The van der Waals surface area contributed by atoms with Crippen molar-refractivity contribution >= 4 is 22.6 Å². The number of rotatable bonds is 3. The molecule has 2 rings (SSSR count). The molecular weight excluding hydrogens is 227 g/mol. The van der Waals surface area contributed by atoms with E-state index >= 15 is 0 Å². The average molecular weight is 241 g/mol. The van der Waals surface area contributed by atoms with Crippen molar-refractivity contribution in [1.82, 2.24) is 9.55 Å². The molecule has 0 saturated carbocycles. The molecule has 0 N–H and O–H groups in total. The monoisotopic (exact) mass is 240 g/mol. The summed E-state index contributed by atoms with van der Waals surface area (Å²) in [6.45, 7) is 4.17. The highest BCUT2D eigenvalue weighted by molar-refractivity contribution is 6.17. The predicted octanol–water partition coefficient (Wildman–Crippen LogP) is 3.54. The van der Waals surface area contributed by atoms with E-state index in [-0.39, 0.29) is 5.82 Å². The molecule has 4 heteroatoms. The fraction of sp³-hybridized carbons (Fsp3) is 0.417.